The monoisotopic (exact) mass is 190 g/mol. The van der Waals surface area contributed by atoms with Crippen LogP contribution in [0.5, 0.6) is 0 Å². The molecule has 0 radical (unpaired) electrons. The van der Waals surface area contributed by atoms with E-state index in [1.54, 1.807) is 0 Å². The maximum Gasteiger partial charge on any atom is 0.220 e. The van der Waals surface area contributed by atoms with Crippen molar-refractivity contribution < 1.29 is 4.79 Å². The first-order chi connectivity index (χ1) is 5.23. The summed E-state index contributed by atoms with van der Waals surface area (Å²) in [6, 6.07) is 0.203. The number of halogens is 1. The van der Waals surface area contributed by atoms with Gasteiger partial charge in [-0.25, -0.2) is 0 Å². The third-order valence-electron chi connectivity index (χ3n) is 3.17. The molecule has 1 amide bonds. The zero-order valence-corrected chi connectivity index (χ0v) is 7.82. The van der Waals surface area contributed by atoms with Gasteiger partial charge in [0, 0.05) is 19.0 Å². The highest BCUT2D eigenvalue weighted by atomic mass is 35.5. The third-order valence-corrected chi connectivity index (χ3v) is 3.17. The number of piperidine rings is 1. The molecule has 3 N–H and O–H groups in total. The lowest BCUT2D eigenvalue weighted by molar-refractivity contribution is -0.129. The maximum absolute atomic E-state index is 11.1. The Balaban J connectivity index is 0.000000720. The molecular formula is C8H15ClN2O. The van der Waals surface area contributed by atoms with Crippen LogP contribution in [0.1, 0.15) is 25.7 Å². The van der Waals surface area contributed by atoms with E-state index in [1.807, 2.05) is 0 Å². The van der Waals surface area contributed by atoms with Crippen LogP contribution >= 0.6 is 12.4 Å². The van der Waals surface area contributed by atoms with E-state index in [1.165, 1.54) is 6.42 Å². The summed E-state index contributed by atoms with van der Waals surface area (Å²) in [5, 5.41) is 2.79. The molecule has 1 spiro atoms. The van der Waals surface area contributed by atoms with Crippen molar-refractivity contribution >= 4 is 18.3 Å². The van der Waals surface area contributed by atoms with Crippen molar-refractivity contribution in [2.24, 2.45) is 11.1 Å². The predicted molar refractivity (Wildman–Crippen MR) is 49.1 cm³/mol. The van der Waals surface area contributed by atoms with Crippen LogP contribution in [0.3, 0.4) is 0 Å². The first-order valence-corrected chi connectivity index (χ1v) is 4.25. The molecule has 1 unspecified atom stereocenters. The van der Waals surface area contributed by atoms with Gasteiger partial charge in [-0.3, -0.25) is 4.79 Å². The first kappa shape index (κ1) is 9.81. The Morgan fingerprint density at radius 2 is 2.17 bits per heavy atom. The second-order valence-electron chi connectivity index (χ2n) is 3.80. The second kappa shape index (κ2) is 3.23. The summed E-state index contributed by atoms with van der Waals surface area (Å²) in [5.41, 5.74) is 6.12. The molecule has 0 aromatic carbocycles. The average Bonchev–Trinajstić information content (AvgIpc) is 1.91. The van der Waals surface area contributed by atoms with Gasteiger partial charge in [-0.05, 0) is 18.3 Å². The molecule has 2 rings (SSSR count). The van der Waals surface area contributed by atoms with Crippen molar-refractivity contribution in [3.63, 3.8) is 0 Å². The second-order valence-corrected chi connectivity index (χ2v) is 3.80. The number of nitrogens with two attached hydrogens (primary N) is 1. The fraction of sp³-hybridized carbons (Fsp3) is 0.875. The molecule has 2 aliphatic rings. The molecule has 12 heavy (non-hydrogen) atoms. The van der Waals surface area contributed by atoms with Crippen LogP contribution in [0.15, 0.2) is 0 Å². The minimum absolute atomic E-state index is 0. The van der Waals surface area contributed by atoms with Crippen LogP contribution in [0.4, 0.5) is 0 Å². The Morgan fingerprint density at radius 1 is 1.50 bits per heavy atom. The van der Waals surface area contributed by atoms with E-state index in [4.69, 9.17) is 5.73 Å². The molecular weight excluding hydrogens is 176 g/mol. The number of hydrogen-bond donors (Lipinski definition) is 2. The normalized spacial score (nSPS) is 31.8. The molecule has 1 saturated heterocycles. The average molecular weight is 191 g/mol. The van der Waals surface area contributed by atoms with Crippen molar-refractivity contribution in [2.45, 2.75) is 31.7 Å². The molecule has 3 nitrogen and oxygen atoms in total. The minimum Gasteiger partial charge on any atom is -0.355 e. The Bertz CT molecular complexity index is 191. The lowest BCUT2D eigenvalue weighted by Crippen LogP contribution is -2.58. The standard InChI is InChI=1S/C8H14N2O.ClH/c9-6-5-10-7(11)4-8(6)2-1-3-8;/h6H,1-5,9H2,(H,10,11);1H. The van der Waals surface area contributed by atoms with Crippen LogP contribution in [0.25, 0.3) is 0 Å². The summed E-state index contributed by atoms with van der Waals surface area (Å²) in [4.78, 5) is 11.1. The van der Waals surface area contributed by atoms with Crippen LogP contribution in [0.2, 0.25) is 0 Å². The molecule has 70 valence electrons. The van der Waals surface area contributed by atoms with E-state index in [-0.39, 0.29) is 29.8 Å². The van der Waals surface area contributed by atoms with E-state index in [9.17, 15) is 4.79 Å². The SMILES string of the molecule is Cl.NC1CNC(=O)CC12CCC2. The van der Waals surface area contributed by atoms with E-state index in [0.717, 1.165) is 12.8 Å². The Hall–Kier alpha value is -0.280. The fourth-order valence-electron chi connectivity index (χ4n) is 2.13. The van der Waals surface area contributed by atoms with Gasteiger partial charge in [-0.1, -0.05) is 6.42 Å². The van der Waals surface area contributed by atoms with Gasteiger partial charge in [0.25, 0.3) is 0 Å². The quantitative estimate of drug-likeness (QED) is 0.582. The van der Waals surface area contributed by atoms with Crippen LogP contribution in [0, 0.1) is 5.41 Å². The van der Waals surface area contributed by atoms with Crippen molar-refractivity contribution in [2.75, 3.05) is 6.54 Å². The molecule has 1 saturated carbocycles. The van der Waals surface area contributed by atoms with Crippen molar-refractivity contribution in [1.29, 1.82) is 0 Å². The van der Waals surface area contributed by atoms with Crippen LogP contribution in [-0.4, -0.2) is 18.5 Å². The van der Waals surface area contributed by atoms with Crippen molar-refractivity contribution in [3.8, 4) is 0 Å². The highest BCUT2D eigenvalue weighted by Crippen LogP contribution is 2.47. The van der Waals surface area contributed by atoms with Gasteiger partial charge in [-0.2, -0.15) is 0 Å². The summed E-state index contributed by atoms with van der Waals surface area (Å²) < 4.78 is 0. The number of rotatable bonds is 0. The highest BCUT2D eigenvalue weighted by Gasteiger charge is 2.46. The molecule has 1 aliphatic carbocycles. The van der Waals surface area contributed by atoms with E-state index in [0.29, 0.717) is 13.0 Å². The number of hydrogen-bond acceptors (Lipinski definition) is 2. The molecule has 1 aliphatic heterocycles. The fourth-order valence-corrected chi connectivity index (χ4v) is 2.13. The Kier molecular flexibility index (Phi) is 2.64. The maximum atomic E-state index is 11.1. The first-order valence-electron chi connectivity index (χ1n) is 4.25. The van der Waals surface area contributed by atoms with Gasteiger partial charge in [0.15, 0.2) is 0 Å². The molecule has 4 heteroatoms. The van der Waals surface area contributed by atoms with Gasteiger partial charge in [-0.15, -0.1) is 12.4 Å². The summed E-state index contributed by atoms with van der Waals surface area (Å²) in [5.74, 6) is 0.186. The number of carbonyl (C=O) groups is 1. The lowest BCUT2D eigenvalue weighted by atomic mass is 9.61. The molecule has 0 aromatic heterocycles. The summed E-state index contributed by atoms with van der Waals surface area (Å²) in [7, 11) is 0. The van der Waals surface area contributed by atoms with Crippen LogP contribution < -0.4 is 11.1 Å². The minimum atomic E-state index is 0. The van der Waals surface area contributed by atoms with Crippen molar-refractivity contribution in [3.05, 3.63) is 0 Å². The number of carbonyl (C=O) groups excluding carboxylic acids is 1. The van der Waals surface area contributed by atoms with Gasteiger partial charge >= 0.3 is 0 Å². The molecule has 1 heterocycles. The number of nitrogens with one attached hydrogen (secondary N) is 1. The Labute approximate surface area is 78.5 Å². The Morgan fingerprint density at radius 3 is 2.58 bits per heavy atom. The lowest BCUT2D eigenvalue weighted by Gasteiger charge is -2.48. The topological polar surface area (TPSA) is 55.1 Å². The van der Waals surface area contributed by atoms with Crippen LogP contribution in [-0.2, 0) is 4.79 Å². The summed E-state index contributed by atoms with van der Waals surface area (Å²) >= 11 is 0. The largest absolute Gasteiger partial charge is 0.355 e. The van der Waals surface area contributed by atoms with Crippen molar-refractivity contribution in [1.82, 2.24) is 5.32 Å². The zero-order chi connectivity index (χ0) is 7.90. The number of amides is 1. The highest BCUT2D eigenvalue weighted by molar-refractivity contribution is 5.85. The van der Waals surface area contributed by atoms with E-state index in [2.05, 4.69) is 5.32 Å². The summed E-state index contributed by atoms with van der Waals surface area (Å²) in [6.45, 7) is 0.679. The predicted octanol–water partition coefficient (Wildman–Crippen LogP) is 0.426. The third kappa shape index (κ3) is 1.31. The van der Waals surface area contributed by atoms with Gasteiger partial charge in [0.05, 0.1) is 0 Å². The van der Waals surface area contributed by atoms with E-state index < -0.39 is 0 Å². The van der Waals surface area contributed by atoms with Gasteiger partial charge in [0.1, 0.15) is 0 Å². The van der Waals surface area contributed by atoms with Gasteiger partial charge < -0.3 is 11.1 Å². The molecule has 2 fully saturated rings. The smallest absolute Gasteiger partial charge is 0.220 e. The molecule has 0 bridgehead atoms. The summed E-state index contributed by atoms with van der Waals surface area (Å²) in [6.07, 6.45) is 4.22. The zero-order valence-electron chi connectivity index (χ0n) is 7.01. The molecule has 1 atom stereocenters. The molecule has 0 aromatic rings. The van der Waals surface area contributed by atoms with E-state index >= 15 is 0 Å². The van der Waals surface area contributed by atoms with Gasteiger partial charge in [0.2, 0.25) is 5.91 Å².